The number of ether oxygens (including phenoxy) is 1. The molecule has 1 aromatic heterocycles. The highest BCUT2D eigenvalue weighted by molar-refractivity contribution is 7.90. The van der Waals surface area contributed by atoms with E-state index in [1.165, 1.54) is 20.7 Å². The topological polar surface area (TPSA) is 143 Å². The second-order valence-electron chi connectivity index (χ2n) is 8.82. The van der Waals surface area contributed by atoms with Gasteiger partial charge in [-0.2, -0.15) is 5.10 Å². The van der Waals surface area contributed by atoms with E-state index in [9.17, 15) is 23.1 Å². The van der Waals surface area contributed by atoms with Crippen molar-refractivity contribution in [3.05, 3.63) is 34.5 Å². The molecular weight excluding hydrogens is 462 g/mol. The van der Waals surface area contributed by atoms with Crippen LogP contribution in [-0.2, 0) is 42.3 Å². The van der Waals surface area contributed by atoms with Crippen molar-refractivity contribution < 1.29 is 27.9 Å². The number of carbonyl (C=O) groups is 2. The normalized spacial score (nSPS) is 18.4. The smallest absolute Gasteiger partial charge is 0.407 e. The molecular formula is C22H27N5O6S. The minimum absolute atomic E-state index is 0.0111. The van der Waals surface area contributed by atoms with Gasteiger partial charge in [-0.3, -0.25) is 0 Å². The maximum absolute atomic E-state index is 13.0. The Hall–Kier alpha value is -3.28. The van der Waals surface area contributed by atoms with Gasteiger partial charge in [-0.25, -0.2) is 27.4 Å². The van der Waals surface area contributed by atoms with Crippen LogP contribution in [0.2, 0.25) is 0 Å². The van der Waals surface area contributed by atoms with E-state index >= 15 is 0 Å². The highest BCUT2D eigenvalue weighted by atomic mass is 32.2. The van der Waals surface area contributed by atoms with Gasteiger partial charge in [-0.15, -0.1) is 0 Å². The molecule has 1 aliphatic heterocycles. The van der Waals surface area contributed by atoms with Crippen LogP contribution in [0.1, 0.15) is 42.0 Å². The van der Waals surface area contributed by atoms with Gasteiger partial charge in [0.15, 0.2) is 4.90 Å². The molecule has 3 aliphatic rings. The summed E-state index contributed by atoms with van der Waals surface area (Å²) in [4.78, 5) is 25.2. The van der Waals surface area contributed by atoms with Gasteiger partial charge in [0.05, 0.1) is 18.8 Å². The van der Waals surface area contributed by atoms with Crippen LogP contribution in [0.25, 0.3) is 0 Å². The number of urea groups is 1. The van der Waals surface area contributed by atoms with E-state index in [2.05, 4.69) is 21.2 Å². The molecule has 2 aliphatic carbocycles. The molecule has 34 heavy (non-hydrogen) atoms. The molecule has 1 unspecified atom stereocenters. The van der Waals surface area contributed by atoms with Crippen molar-refractivity contribution in [3.8, 4) is 5.88 Å². The molecule has 3 amide bonds. The van der Waals surface area contributed by atoms with Crippen LogP contribution in [0.15, 0.2) is 17.2 Å². The average molecular weight is 490 g/mol. The van der Waals surface area contributed by atoms with Gasteiger partial charge in [0.25, 0.3) is 10.0 Å². The molecule has 1 aromatic carbocycles. The Morgan fingerprint density at radius 2 is 1.88 bits per heavy atom. The number of anilines is 1. The van der Waals surface area contributed by atoms with Crippen LogP contribution in [0.3, 0.4) is 0 Å². The summed E-state index contributed by atoms with van der Waals surface area (Å²) in [6.07, 6.45) is 5.73. The zero-order valence-corrected chi connectivity index (χ0v) is 19.7. The standard InChI is InChI=1S/C22H27N5O6S/c1-2-26(22(29)30)15-11-27-20(33-12-15)18(10-23-27)34(31,32)25-21(28)24-19-16-7-3-5-13(16)9-14-6-4-8-17(14)19/h9-10,15H,2-8,11-12H2,1H3,(H,29,30)(H2,24,25,28). The zero-order chi connectivity index (χ0) is 24.0. The maximum Gasteiger partial charge on any atom is 0.407 e. The van der Waals surface area contributed by atoms with Crippen molar-refractivity contribution in [2.75, 3.05) is 18.5 Å². The van der Waals surface area contributed by atoms with Crippen molar-refractivity contribution in [2.24, 2.45) is 0 Å². The first kappa shape index (κ1) is 22.5. The predicted molar refractivity (Wildman–Crippen MR) is 122 cm³/mol. The molecule has 0 radical (unpaired) electrons. The molecule has 0 saturated carbocycles. The number of nitrogens with one attached hydrogen (secondary N) is 2. The number of hydrogen-bond acceptors (Lipinski definition) is 6. The maximum atomic E-state index is 13.0. The lowest BCUT2D eigenvalue weighted by Crippen LogP contribution is -2.47. The van der Waals surface area contributed by atoms with E-state index in [1.54, 1.807) is 6.92 Å². The molecule has 0 fully saturated rings. The Morgan fingerprint density at radius 1 is 1.21 bits per heavy atom. The fraction of sp³-hybridized carbons (Fsp3) is 0.500. The molecule has 12 heteroatoms. The summed E-state index contributed by atoms with van der Waals surface area (Å²) >= 11 is 0. The Morgan fingerprint density at radius 3 is 2.50 bits per heavy atom. The number of fused-ring (bicyclic) bond motifs is 3. The van der Waals surface area contributed by atoms with E-state index in [0.29, 0.717) is 0 Å². The monoisotopic (exact) mass is 489 g/mol. The van der Waals surface area contributed by atoms with Gasteiger partial charge >= 0.3 is 12.1 Å². The quantitative estimate of drug-likeness (QED) is 0.584. The molecule has 0 spiro atoms. The molecule has 1 atom stereocenters. The van der Waals surface area contributed by atoms with Crippen molar-refractivity contribution in [1.29, 1.82) is 0 Å². The number of aryl methyl sites for hydroxylation is 2. The summed E-state index contributed by atoms with van der Waals surface area (Å²) in [5.74, 6) is -0.0144. The first-order chi connectivity index (χ1) is 16.3. The van der Waals surface area contributed by atoms with E-state index in [-0.39, 0.29) is 30.5 Å². The average Bonchev–Trinajstić information content (AvgIpc) is 3.52. The van der Waals surface area contributed by atoms with Crippen molar-refractivity contribution in [1.82, 2.24) is 19.4 Å². The Labute approximate surface area is 197 Å². The van der Waals surface area contributed by atoms with Gasteiger partial charge in [0.2, 0.25) is 5.88 Å². The fourth-order valence-corrected chi connectivity index (χ4v) is 6.25. The number of amides is 3. The Balaban J connectivity index is 1.34. The van der Waals surface area contributed by atoms with Crippen LogP contribution in [0.5, 0.6) is 5.88 Å². The minimum Gasteiger partial charge on any atom is -0.475 e. The summed E-state index contributed by atoms with van der Waals surface area (Å²) < 4.78 is 35.0. The van der Waals surface area contributed by atoms with E-state index in [0.717, 1.165) is 61.5 Å². The van der Waals surface area contributed by atoms with E-state index < -0.39 is 28.2 Å². The summed E-state index contributed by atoms with van der Waals surface area (Å²) in [5, 5.41) is 16.2. The van der Waals surface area contributed by atoms with Gasteiger partial charge < -0.3 is 20.1 Å². The molecule has 3 N–H and O–H groups in total. The SMILES string of the molecule is CCN(C(=O)O)C1COc2c(S(=O)(=O)NC(=O)Nc3c4c(cc5c3CCC5)CCC4)cnn2C1. The number of benzene rings is 1. The Kier molecular flexibility index (Phi) is 5.62. The van der Waals surface area contributed by atoms with Crippen LogP contribution < -0.4 is 14.8 Å². The number of sulfonamides is 1. The number of rotatable bonds is 5. The van der Waals surface area contributed by atoms with Crippen molar-refractivity contribution in [3.63, 3.8) is 0 Å². The number of carbonyl (C=O) groups excluding carboxylic acids is 1. The second-order valence-corrected chi connectivity index (χ2v) is 10.5. The summed E-state index contributed by atoms with van der Waals surface area (Å²) in [6.45, 7) is 2.12. The molecule has 182 valence electrons. The number of likely N-dealkylation sites (N-methyl/N-ethyl adjacent to an activating group) is 1. The van der Waals surface area contributed by atoms with Gasteiger partial charge in [0.1, 0.15) is 6.61 Å². The van der Waals surface area contributed by atoms with Gasteiger partial charge in [-0.05, 0) is 67.7 Å². The number of hydrogen-bond donors (Lipinski definition) is 3. The van der Waals surface area contributed by atoms with Gasteiger partial charge in [0, 0.05) is 12.2 Å². The predicted octanol–water partition coefficient (Wildman–Crippen LogP) is 2.13. The lowest BCUT2D eigenvalue weighted by atomic mass is 9.99. The molecule has 0 saturated heterocycles. The lowest BCUT2D eigenvalue weighted by Gasteiger charge is -2.31. The zero-order valence-electron chi connectivity index (χ0n) is 18.8. The second kappa shape index (κ2) is 8.49. The highest BCUT2D eigenvalue weighted by Crippen LogP contribution is 2.38. The highest BCUT2D eigenvalue weighted by Gasteiger charge is 2.34. The first-order valence-corrected chi connectivity index (χ1v) is 12.9. The molecule has 2 aromatic rings. The van der Waals surface area contributed by atoms with Crippen LogP contribution >= 0.6 is 0 Å². The molecule has 5 rings (SSSR count). The summed E-state index contributed by atoms with van der Waals surface area (Å²) in [7, 11) is -4.27. The number of nitrogens with zero attached hydrogens (tertiary/aromatic N) is 3. The van der Waals surface area contributed by atoms with E-state index in [4.69, 9.17) is 4.74 Å². The minimum atomic E-state index is -4.27. The van der Waals surface area contributed by atoms with E-state index in [1.807, 2.05) is 0 Å². The third-order valence-corrected chi connectivity index (χ3v) is 8.12. The van der Waals surface area contributed by atoms with Crippen LogP contribution in [-0.4, -0.2) is 59.5 Å². The van der Waals surface area contributed by atoms with Crippen LogP contribution in [0.4, 0.5) is 15.3 Å². The lowest BCUT2D eigenvalue weighted by molar-refractivity contribution is 0.0762. The first-order valence-electron chi connectivity index (χ1n) is 11.5. The van der Waals surface area contributed by atoms with Gasteiger partial charge in [-0.1, -0.05) is 6.07 Å². The Bertz CT molecular complexity index is 1240. The number of aromatic nitrogens is 2. The number of carboxylic acid groups (broad SMARTS) is 1. The summed E-state index contributed by atoms with van der Waals surface area (Å²) in [5.41, 5.74) is 5.42. The third-order valence-electron chi connectivity index (χ3n) is 6.81. The van der Waals surface area contributed by atoms with Crippen molar-refractivity contribution >= 4 is 27.8 Å². The third kappa shape index (κ3) is 3.85. The van der Waals surface area contributed by atoms with Crippen LogP contribution in [0, 0.1) is 0 Å². The summed E-state index contributed by atoms with van der Waals surface area (Å²) in [6, 6.07) is 0.910. The largest absolute Gasteiger partial charge is 0.475 e. The molecule has 11 nitrogen and oxygen atoms in total. The van der Waals surface area contributed by atoms with Crippen molar-refractivity contribution in [2.45, 2.75) is 62.9 Å². The fourth-order valence-electron chi connectivity index (χ4n) is 5.27. The molecule has 2 heterocycles. The molecule has 0 bridgehead atoms.